The number of ketones is 1. The molecule has 0 radical (unpaired) electrons. The first kappa shape index (κ1) is 13.1. The van der Waals surface area contributed by atoms with Crippen LogP contribution in [0.25, 0.3) is 11.5 Å². The number of nitrogens with zero attached hydrogens (tertiary/aromatic N) is 2. The Labute approximate surface area is 101 Å². The maximum absolute atomic E-state index is 11.0. The molecule has 2 aromatic rings. The molecule has 0 amide bonds. The lowest BCUT2D eigenvalue weighted by molar-refractivity contribution is 0.101. The predicted molar refractivity (Wildman–Crippen MR) is 65.8 cm³/mol. The van der Waals surface area contributed by atoms with Crippen LogP contribution in [0.1, 0.15) is 37.0 Å². The highest BCUT2D eigenvalue weighted by molar-refractivity contribution is 5.94. The van der Waals surface area contributed by atoms with Crippen LogP contribution in [0.4, 0.5) is 0 Å². The number of rotatable bonds is 2. The highest BCUT2D eigenvalue weighted by Crippen LogP contribution is 2.18. The Balaban J connectivity index is 0.000000686. The van der Waals surface area contributed by atoms with Crippen LogP contribution >= 0.6 is 0 Å². The molecule has 0 unspecified atom stereocenters. The second-order valence-corrected chi connectivity index (χ2v) is 3.26. The standard InChI is InChI=1S/C11H10N2O2.C2H6/c1-7(14)9-3-5-10(6-4-9)11-13-12-8(2)15-11;1-2/h3-6H,1-2H3;1-2H3. The van der Waals surface area contributed by atoms with Crippen molar-refractivity contribution in [1.29, 1.82) is 0 Å². The summed E-state index contributed by atoms with van der Waals surface area (Å²) in [7, 11) is 0. The molecule has 4 heteroatoms. The molecule has 0 saturated heterocycles. The van der Waals surface area contributed by atoms with Crippen molar-refractivity contribution >= 4 is 5.78 Å². The van der Waals surface area contributed by atoms with E-state index in [0.29, 0.717) is 17.3 Å². The van der Waals surface area contributed by atoms with Gasteiger partial charge in [-0.05, 0) is 19.1 Å². The number of aromatic nitrogens is 2. The molecule has 0 spiro atoms. The van der Waals surface area contributed by atoms with Gasteiger partial charge in [-0.3, -0.25) is 4.79 Å². The molecule has 0 aliphatic carbocycles. The van der Waals surface area contributed by atoms with Crippen LogP contribution in [0.15, 0.2) is 28.7 Å². The zero-order valence-electron chi connectivity index (χ0n) is 10.5. The summed E-state index contributed by atoms with van der Waals surface area (Å²) in [5.41, 5.74) is 1.50. The molecule has 1 aromatic heterocycles. The number of hydrogen-bond donors (Lipinski definition) is 0. The summed E-state index contributed by atoms with van der Waals surface area (Å²) in [6, 6.07) is 7.09. The van der Waals surface area contributed by atoms with Gasteiger partial charge in [0.15, 0.2) is 5.78 Å². The highest BCUT2D eigenvalue weighted by Gasteiger charge is 2.06. The minimum atomic E-state index is 0.0447. The zero-order valence-corrected chi connectivity index (χ0v) is 10.5. The summed E-state index contributed by atoms with van der Waals surface area (Å²) < 4.78 is 5.26. The molecule has 0 saturated carbocycles. The lowest BCUT2D eigenvalue weighted by atomic mass is 10.1. The fraction of sp³-hybridized carbons (Fsp3) is 0.308. The molecule has 0 atom stereocenters. The number of Topliss-reactive ketones (excluding diaryl/α,β-unsaturated/α-hetero) is 1. The van der Waals surface area contributed by atoms with Gasteiger partial charge >= 0.3 is 0 Å². The van der Waals surface area contributed by atoms with Crippen molar-refractivity contribution in [3.63, 3.8) is 0 Å². The topological polar surface area (TPSA) is 56.0 Å². The summed E-state index contributed by atoms with van der Waals surface area (Å²) >= 11 is 0. The van der Waals surface area contributed by atoms with Gasteiger partial charge in [0.1, 0.15) is 0 Å². The van der Waals surface area contributed by atoms with Crippen LogP contribution in [-0.2, 0) is 0 Å². The van der Waals surface area contributed by atoms with Crippen molar-refractivity contribution in [3.05, 3.63) is 35.7 Å². The van der Waals surface area contributed by atoms with Crippen LogP contribution in [0.5, 0.6) is 0 Å². The minimum Gasteiger partial charge on any atom is -0.421 e. The Bertz CT molecular complexity index is 486. The first-order valence-electron chi connectivity index (χ1n) is 5.58. The molecule has 0 aliphatic heterocycles. The Morgan fingerprint density at radius 3 is 2.12 bits per heavy atom. The third-order valence-corrected chi connectivity index (χ3v) is 2.06. The number of carbonyl (C=O) groups is 1. The third kappa shape index (κ3) is 3.24. The van der Waals surface area contributed by atoms with E-state index in [-0.39, 0.29) is 5.78 Å². The van der Waals surface area contributed by atoms with Crippen molar-refractivity contribution in [1.82, 2.24) is 10.2 Å². The van der Waals surface area contributed by atoms with Crippen LogP contribution in [-0.4, -0.2) is 16.0 Å². The van der Waals surface area contributed by atoms with Gasteiger partial charge in [0.2, 0.25) is 11.8 Å². The van der Waals surface area contributed by atoms with Gasteiger partial charge in [0, 0.05) is 18.1 Å². The Hall–Kier alpha value is -1.97. The molecule has 0 N–H and O–H groups in total. The monoisotopic (exact) mass is 232 g/mol. The van der Waals surface area contributed by atoms with Crippen molar-refractivity contribution in [3.8, 4) is 11.5 Å². The largest absolute Gasteiger partial charge is 0.421 e. The Kier molecular flexibility index (Phi) is 4.57. The first-order chi connectivity index (χ1) is 8.16. The fourth-order valence-corrected chi connectivity index (χ4v) is 1.26. The fourth-order valence-electron chi connectivity index (χ4n) is 1.26. The smallest absolute Gasteiger partial charge is 0.247 e. The van der Waals surface area contributed by atoms with Gasteiger partial charge < -0.3 is 4.42 Å². The van der Waals surface area contributed by atoms with Crippen LogP contribution < -0.4 is 0 Å². The van der Waals surface area contributed by atoms with E-state index in [2.05, 4.69) is 10.2 Å². The van der Waals surface area contributed by atoms with Gasteiger partial charge in [0.05, 0.1) is 0 Å². The van der Waals surface area contributed by atoms with E-state index in [1.165, 1.54) is 6.92 Å². The molecular formula is C13H16N2O2. The number of benzene rings is 1. The van der Waals surface area contributed by atoms with Gasteiger partial charge in [-0.15, -0.1) is 10.2 Å². The molecule has 4 nitrogen and oxygen atoms in total. The van der Waals surface area contributed by atoms with Crippen molar-refractivity contribution in [2.75, 3.05) is 0 Å². The average molecular weight is 232 g/mol. The lowest BCUT2D eigenvalue weighted by Gasteiger charge is -1.96. The van der Waals surface area contributed by atoms with Gasteiger partial charge in [-0.2, -0.15) is 0 Å². The lowest BCUT2D eigenvalue weighted by Crippen LogP contribution is -1.90. The van der Waals surface area contributed by atoms with Crippen LogP contribution in [0, 0.1) is 6.92 Å². The molecule has 1 heterocycles. The SMILES string of the molecule is CC.CC(=O)c1ccc(-c2nnc(C)o2)cc1. The van der Waals surface area contributed by atoms with Crippen LogP contribution in [0.2, 0.25) is 0 Å². The van der Waals surface area contributed by atoms with Crippen LogP contribution in [0.3, 0.4) is 0 Å². The Morgan fingerprint density at radius 2 is 1.71 bits per heavy atom. The number of carbonyl (C=O) groups excluding carboxylic acids is 1. The van der Waals surface area contributed by atoms with E-state index in [1.54, 1.807) is 31.2 Å². The Morgan fingerprint density at radius 1 is 1.12 bits per heavy atom. The molecule has 90 valence electrons. The number of hydrogen-bond acceptors (Lipinski definition) is 4. The molecule has 1 aromatic carbocycles. The summed E-state index contributed by atoms with van der Waals surface area (Å²) in [5.74, 6) is 1.05. The quantitative estimate of drug-likeness (QED) is 0.745. The van der Waals surface area contributed by atoms with Crippen molar-refractivity contribution in [2.45, 2.75) is 27.7 Å². The van der Waals surface area contributed by atoms with Crippen molar-refractivity contribution in [2.24, 2.45) is 0 Å². The van der Waals surface area contributed by atoms with E-state index in [0.717, 1.165) is 5.56 Å². The molecule has 0 fully saturated rings. The zero-order chi connectivity index (χ0) is 12.8. The van der Waals surface area contributed by atoms with Gasteiger partial charge in [-0.25, -0.2) is 0 Å². The van der Waals surface area contributed by atoms with E-state index in [1.807, 2.05) is 13.8 Å². The molecule has 0 bridgehead atoms. The maximum Gasteiger partial charge on any atom is 0.247 e. The van der Waals surface area contributed by atoms with E-state index < -0.39 is 0 Å². The summed E-state index contributed by atoms with van der Waals surface area (Å²) in [4.78, 5) is 11.0. The van der Waals surface area contributed by atoms with E-state index >= 15 is 0 Å². The first-order valence-corrected chi connectivity index (χ1v) is 5.58. The predicted octanol–water partition coefficient (Wildman–Crippen LogP) is 3.27. The summed E-state index contributed by atoms with van der Waals surface area (Å²) in [5, 5.41) is 7.63. The summed E-state index contributed by atoms with van der Waals surface area (Å²) in [6.07, 6.45) is 0. The molecule has 17 heavy (non-hydrogen) atoms. The second-order valence-electron chi connectivity index (χ2n) is 3.26. The normalized spacial score (nSPS) is 9.41. The average Bonchev–Trinajstić information content (AvgIpc) is 2.79. The third-order valence-electron chi connectivity index (χ3n) is 2.06. The molecule has 2 rings (SSSR count). The van der Waals surface area contributed by atoms with E-state index in [4.69, 9.17) is 4.42 Å². The second kappa shape index (κ2) is 5.94. The minimum absolute atomic E-state index is 0.0447. The molecule has 0 aliphatic rings. The molecular weight excluding hydrogens is 216 g/mol. The summed E-state index contributed by atoms with van der Waals surface area (Å²) in [6.45, 7) is 7.27. The van der Waals surface area contributed by atoms with E-state index in [9.17, 15) is 4.79 Å². The van der Waals surface area contributed by atoms with Crippen molar-refractivity contribution < 1.29 is 9.21 Å². The highest BCUT2D eigenvalue weighted by atomic mass is 16.4. The van der Waals surface area contributed by atoms with Gasteiger partial charge in [0.25, 0.3) is 0 Å². The number of aryl methyl sites for hydroxylation is 1. The maximum atomic E-state index is 11.0. The van der Waals surface area contributed by atoms with Gasteiger partial charge in [-0.1, -0.05) is 26.0 Å².